The van der Waals surface area contributed by atoms with Gasteiger partial charge in [-0.1, -0.05) is 15.9 Å². The summed E-state index contributed by atoms with van der Waals surface area (Å²) in [7, 11) is 3.22. The van der Waals surface area contributed by atoms with Crippen molar-refractivity contribution < 1.29 is 23.7 Å². The van der Waals surface area contributed by atoms with Crippen molar-refractivity contribution in [1.82, 2.24) is 5.32 Å². The van der Waals surface area contributed by atoms with Crippen molar-refractivity contribution in [3.8, 4) is 0 Å². The molecule has 0 aromatic rings. The van der Waals surface area contributed by atoms with Crippen LogP contribution in [-0.2, 0) is 18.9 Å². The highest BCUT2D eigenvalue weighted by atomic mass is 79.9. The van der Waals surface area contributed by atoms with Crippen molar-refractivity contribution in [2.24, 2.45) is 0 Å². The maximum atomic E-state index is 11.7. The molecule has 0 aromatic carbocycles. The van der Waals surface area contributed by atoms with Crippen LogP contribution in [-0.4, -0.2) is 62.7 Å². The quantitative estimate of drug-likeness (QED) is 0.631. The molecule has 0 bridgehead atoms. The Bertz CT molecular complexity index is 308. The van der Waals surface area contributed by atoms with E-state index in [0.29, 0.717) is 25.1 Å². The number of rotatable bonds is 9. The molecule has 0 aromatic heterocycles. The molecular formula is C14H28BrNO5. The Morgan fingerprint density at radius 3 is 2.24 bits per heavy atom. The molecule has 7 heteroatoms. The molecule has 0 aliphatic carbocycles. The predicted octanol–water partition coefficient (Wildman–Crippen LogP) is 2.34. The van der Waals surface area contributed by atoms with Crippen LogP contribution in [0.4, 0.5) is 4.79 Å². The Morgan fingerprint density at radius 1 is 1.19 bits per heavy atom. The fourth-order valence-electron chi connectivity index (χ4n) is 1.37. The van der Waals surface area contributed by atoms with Gasteiger partial charge in [0.15, 0.2) is 0 Å². The molecule has 0 aliphatic heterocycles. The lowest BCUT2D eigenvalue weighted by molar-refractivity contribution is -0.0832. The van der Waals surface area contributed by atoms with Crippen molar-refractivity contribution in [2.45, 2.75) is 45.0 Å². The van der Waals surface area contributed by atoms with E-state index in [0.717, 1.165) is 0 Å². The molecule has 0 saturated carbocycles. The predicted molar refractivity (Wildman–Crippen MR) is 85.1 cm³/mol. The maximum Gasteiger partial charge on any atom is 0.407 e. The van der Waals surface area contributed by atoms with Gasteiger partial charge in [-0.25, -0.2) is 4.79 Å². The van der Waals surface area contributed by atoms with Crippen molar-refractivity contribution in [3.63, 3.8) is 0 Å². The zero-order valence-electron chi connectivity index (χ0n) is 13.8. The highest BCUT2D eigenvalue weighted by molar-refractivity contribution is 9.09. The molecule has 21 heavy (non-hydrogen) atoms. The van der Waals surface area contributed by atoms with Crippen molar-refractivity contribution >= 4 is 22.0 Å². The van der Waals surface area contributed by atoms with Crippen LogP contribution in [0.15, 0.2) is 0 Å². The summed E-state index contributed by atoms with van der Waals surface area (Å²) in [5.74, 6) is 0. The van der Waals surface area contributed by atoms with Gasteiger partial charge in [0.25, 0.3) is 0 Å². The monoisotopic (exact) mass is 369 g/mol. The lowest BCUT2D eigenvalue weighted by Crippen LogP contribution is -2.47. The Balaban J connectivity index is 4.30. The number of ether oxygens (including phenoxy) is 4. The van der Waals surface area contributed by atoms with Crippen LogP contribution >= 0.6 is 15.9 Å². The Labute approximate surface area is 136 Å². The highest BCUT2D eigenvalue weighted by Crippen LogP contribution is 2.15. The molecule has 2 unspecified atom stereocenters. The van der Waals surface area contributed by atoms with Gasteiger partial charge in [-0.05, 0) is 27.7 Å². The lowest BCUT2D eigenvalue weighted by Gasteiger charge is -2.30. The first-order valence-corrected chi connectivity index (χ1v) is 7.96. The van der Waals surface area contributed by atoms with E-state index in [9.17, 15) is 4.79 Å². The number of nitrogens with one attached hydrogen (secondary N) is 1. The molecule has 0 rings (SSSR count). The van der Waals surface area contributed by atoms with E-state index in [1.54, 1.807) is 14.2 Å². The van der Waals surface area contributed by atoms with Crippen LogP contribution in [0.5, 0.6) is 0 Å². The maximum absolute atomic E-state index is 11.7. The largest absolute Gasteiger partial charge is 0.444 e. The summed E-state index contributed by atoms with van der Waals surface area (Å²) in [6.07, 6.45) is -0.603. The van der Waals surface area contributed by atoms with Crippen LogP contribution in [0.3, 0.4) is 0 Å². The topological polar surface area (TPSA) is 66.0 Å². The van der Waals surface area contributed by atoms with Gasteiger partial charge in [-0.3, -0.25) is 0 Å². The number of carbonyl (C=O) groups is 1. The smallest absolute Gasteiger partial charge is 0.407 e. The van der Waals surface area contributed by atoms with Gasteiger partial charge in [0.2, 0.25) is 0 Å². The molecule has 0 aliphatic rings. The van der Waals surface area contributed by atoms with Crippen molar-refractivity contribution in [1.29, 1.82) is 0 Å². The third-order valence-corrected chi connectivity index (χ3v) is 3.78. The van der Waals surface area contributed by atoms with Crippen LogP contribution in [0.2, 0.25) is 0 Å². The second-order valence-corrected chi connectivity index (χ2v) is 6.62. The fraction of sp³-hybridized carbons (Fsp3) is 0.929. The third kappa shape index (κ3) is 10.1. The van der Waals surface area contributed by atoms with E-state index in [2.05, 4.69) is 21.2 Å². The minimum absolute atomic E-state index is 0.144. The minimum Gasteiger partial charge on any atom is -0.444 e. The van der Waals surface area contributed by atoms with E-state index in [-0.39, 0.29) is 6.10 Å². The molecule has 0 saturated heterocycles. The van der Waals surface area contributed by atoms with Crippen molar-refractivity contribution in [3.05, 3.63) is 0 Å². The second-order valence-electron chi connectivity index (χ2n) is 6.06. The number of hydrogen-bond donors (Lipinski definition) is 1. The average Bonchev–Trinajstić information content (AvgIpc) is 2.39. The third-order valence-electron chi connectivity index (χ3n) is 2.59. The van der Waals surface area contributed by atoms with Crippen LogP contribution in [0.1, 0.15) is 27.7 Å². The molecule has 0 heterocycles. The van der Waals surface area contributed by atoms with Gasteiger partial charge in [0.1, 0.15) is 11.7 Å². The summed E-state index contributed by atoms with van der Waals surface area (Å²) < 4.78 is 21.3. The van der Waals surface area contributed by atoms with E-state index < -0.39 is 17.3 Å². The molecular weight excluding hydrogens is 342 g/mol. The molecule has 1 amide bonds. The number of hydrogen-bond acceptors (Lipinski definition) is 5. The Kier molecular flexibility index (Phi) is 9.44. The van der Waals surface area contributed by atoms with Crippen LogP contribution < -0.4 is 5.32 Å². The minimum atomic E-state index is -0.554. The van der Waals surface area contributed by atoms with Gasteiger partial charge >= 0.3 is 6.09 Å². The summed E-state index contributed by atoms with van der Waals surface area (Å²) in [6.45, 7) is 8.52. The lowest BCUT2D eigenvalue weighted by atomic mass is 10.1. The average molecular weight is 370 g/mol. The number of methoxy groups -OCH3 is 2. The molecule has 126 valence electrons. The van der Waals surface area contributed by atoms with Gasteiger partial charge in [0, 0.05) is 19.5 Å². The first-order chi connectivity index (χ1) is 9.65. The number of alkyl carbamates (subject to hydrolysis) is 1. The zero-order chi connectivity index (χ0) is 16.5. The zero-order valence-corrected chi connectivity index (χ0v) is 15.4. The normalized spacial score (nSPS) is 16.1. The Hall–Kier alpha value is -0.370. The van der Waals surface area contributed by atoms with Crippen molar-refractivity contribution in [2.75, 3.05) is 39.3 Å². The molecule has 0 fully saturated rings. The van der Waals surface area contributed by atoms with Gasteiger partial charge in [-0.15, -0.1) is 0 Å². The van der Waals surface area contributed by atoms with E-state index in [1.165, 1.54) is 0 Å². The molecule has 0 radical (unpaired) electrons. The SMILES string of the molecule is COCC(COC(C)(CBr)CNC(=O)OC(C)(C)C)OC. The summed E-state index contributed by atoms with van der Waals surface area (Å²) in [5, 5.41) is 3.28. The van der Waals surface area contributed by atoms with Gasteiger partial charge in [0.05, 0.1) is 25.4 Å². The first kappa shape index (κ1) is 20.6. The Morgan fingerprint density at radius 2 is 1.81 bits per heavy atom. The van der Waals surface area contributed by atoms with E-state index >= 15 is 0 Å². The summed E-state index contributed by atoms with van der Waals surface area (Å²) in [6, 6.07) is 0. The van der Waals surface area contributed by atoms with Gasteiger partial charge < -0.3 is 24.3 Å². The van der Waals surface area contributed by atoms with E-state index in [1.807, 2.05) is 27.7 Å². The molecule has 6 nitrogen and oxygen atoms in total. The number of halogens is 1. The van der Waals surface area contributed by atoms with Gasteiger partial charge in [-0.2, -0.15) is 0 Å². The number of amides is 1. The first-order valence-electron chi connectivity index (χ1n) is 6.84. The van der Waals surface area contributed by atoms with E-state index in [4.69, 9.17) is 18.9 Å². The highest BCUT2D eigenvalue weighted by Gasteiger charge is 2.27. The standard InChI is InChI=1S/C14H28BrNO5/c1-13(2,3)21-12(17)16-10-14(4,9-15)20-8-11(19-6)7-18-5/h11H,7-10H2,1-6H3,(H,16,17). The number of carbonyl (C=O) groups excluding carboxylic acids is 1. The molecule has 0 spiro atoms. The second kappa shape index (κ2) is 9.61. The number of alkyl halides is 1. The summed E-state index contributed by atoms with van der Waals surface area (Å²) >= 11 is 3.41. The molecule has 1 N–H and O–H groups in total. The van der Waals surface area contributed by atoms with Crippen LogP contribution in [0.25, 0.3) is 0 Å². The van der Waals surface area contributed by atoms with Crippen LogP contribution in [0, 0.1) is 0 Å². The summed E-state index contributed by atoms with van der Waals surface area (Å²) in [4.78, 5) is 11.7. The summed E-state index contributed by atoms with van der Waals surface area (Å²) in [5.41, 5.74) is -1.07. The fourth-order valence-corrected chi connectivity index (χ4v) is 1.73. The molecule has 2 atom stereocenters.